The Kier molecular flexibility index (Phi) is 3.72. The predicted molar refractivity (Wildman–Crippen MR) is 90.8 cm³/mol. The van der Waals surface area contributed by atoms with Crippen molar-refractivity contribution in [1.82, 2.24) is 19.9 Å². The number of nitrogens with zero attached hydrogens (tertiary/aromatic N) is 2. The number of carbonyl (C=O) groups is 1. The Hall–Kier alpha value is -2.76. The van der Waals surface area contributed by atoms with Crippen molar-refractivity contribution < 1.29 is 9.53 Å². The van der Waals surface area contributed by atoms with Crippen LogP contribution in [0.3, 0.4) is 0 Å². The van der Waals surface area contributed by atoms with E-state index in [1.165, 1.54) is 0 Å². The van der Waals surface area contributed by atoms with Gasteiger partial charge < -0.3 is 19.6 Å². The van der Waals surface area contributed by atoms with Gasteiger partial charge in [-0.15, -0.1) is 0 Å². The molecule has 3 aromatic rings. The number of nitrogens with one attached hydrogen (secondary N) is 2. The average molecular weight is 324 g/mol. The first kappa shape index (κ1) is 14.8. The number of carbonyl (C=O) groups excluding carboxylic acids is 1. The summed E-state index contributed by atoms with van der Waals surface area (Å²) in [5, 5.41) is 1.04. The van der Waals surface area contributed by atoms with Gasteiger partial charge in [-0.1, -0.05) is 0 Å². The number of aromatic nitrogens is 3. The molecule has 1 aromatic carbocycles. The van der Waals surface area contributed by atoms with Crippen LogP contribution < -0.4 is 4.74 Å². The topological polar surface area (TPSA) is 74.0 Å². The zero-order chi connectivity index (χ0) is 16.5. The highest BCUT2D eigenvalue weighted by molar-refractivity contribution is 5.90. The van der Waals surface area contributed by atoms with Crippen LogP contribution in [0.4, 0.5) is 0 Å². The molecular weight excluding hydrogens is 304 g/mol. The molecule has 1 aliphatic heterocycles. The Morgan fingerprint density at radius 1 is 1.42 bits per heavy atom. The van der Waals surface area contributed by atoms with Crippen LogP contribution in [0.25, 0.3) is 10.9 Å². The summed E-state index contributed by atoms with van der Waals surface area (Å²) in [6, 6.07) is 5.93. The molecule has 1 amide bonds. The lowest BCUT2D eigenvalue weighted by molar-refractivity contribution is -0.131. The van der Waals surface area contributed by atoms with Gasteiger partial charge in [0, 0.05) is 36.0 Å². The fourth-order valence-corrected chi connectivity index (χ4v) is 3.50. The number of amides is 1. The highest BCUT2D eigenvalue weighted by Gasteiger charge is 2.31. The van der Waals surface area contributed by atoms with Crippen molar-refractivity contribution in [3.63, 3.8) is 0 Å². The number of hydrogen-bond acceptors (Lipinski definition) is 3. The Bertz CT molecular complexity index is 853. The van der Waals surface area contributed by atoms with E-state index in [0.717, 1.165) is 47.4 Å². The summed E-state index contributed by atoms with van der Waals surface area (Å²) in [6.45, 7) is 0.788. The monoisotopic (exact) mass is 324 g/mol. The van der Waals surface area contributed by atoms with Crippen molar-refractivity contribution in [1.29, 1.82) is 0 Å². The fourth-order valence-electron chi connectivity index (χ4n) is 3.50. The molecule has 4 rings (SSSR count). The number of benzene rings is 1. The maximum atomic E-state index is 12.9. The van der Waals surface area contributed by atoms with Gasteiger partial charge in [-0.3, -0.25) is 4.79 Å². The van der Waals surface area contributed by atoms with E-state index in [1.807, 2.05) is 35.5 Å². The van der Waals surface area contributed by atoms with E-state index in [-0.39, 0.29) is 11.9 Å². The molecule has 1 saturated heterocycles. The smallest absolute Gasteiger partial charge is 0.227 e. The lowest BCUT2D eigenvalue weighted by Crippen LogP contribution is -2.32. The van der Waals surface area contributed by atoms with Crippen LogP contribution in [0.15, 0.2) is 36.8 Å². The zero-order valence-corrected chi connectivity index (χ0v) is 13.6. The number of H-pyrrole nitrogens is 2. The SMILES string of the molecule is COc1ccc2[nH]cc(CC(=O)N3CCCC3c3ncc[nH]3)c2c1. The van der Waals surface area contributed by atoms with Crippen molar-refractivity contribution in [3.05, 3.63) is 48.2 Å². The number of rotatable bonds is 4. The van der Waals surface area contributed by atoms with Gasteiger partial charge in [0.15, 0.2) is 0 Å². The van der Waals surface area contributed by atoms with E-state index in [4.69, 9.17) is 4.74 Å². The molecule has 1 atom stereocenters. The summed E-state index contributed by atoms with van der Waals surface area (Å²) in [5.41, 5.74) is 2.02. The quantitative estimate of drug-likeness (QED) is 0.775. The Balaban J connectivity index is 1.57. The normalized spacial score (nSPS) is 17.5. The third kappa shape index (κ3) is 2.54. The van der Waals surface area contributed by atoms with E-state index in [9.17, 15) is 4.79 Å². The van der Waals surface area contributed by atoms with Gasteiger partial charge >= 0.3 is 0 Å². The molecule has 1 unspecified atom stereocenters. The van der Waals surface area contributed by atoms with Crippen molar-refractivity contribution in [2.24, 2.45) is 0 Å². The van der Waals surface area contributed by atoms with E-state index in [2.05, 4.69) is 15.0 Å². The molecule has 0 radical (unpaired) electrons. The minimum absolute atomic E-state index is 0.0623. The summed E-state index contributed by atoms with van der Waals surface area (Å²) in [5.74, 6) is 1.81. The molecular formula is C18H20N4O2. The van der Waals surface area contributed by atoms with Gasteiger partial charge in [0.25, 0.3) is 0 Å². The second kappa shape index (κ2) is 6.03. The first-order valence-electron chi connectivity index (χ1n) is 8.19. The average Bonchev–Trinajstić information content (AvgIpc) is 3.34. The summed E-state index contributed by atoms with van der Waals surface area (Å²) in [6.07, 6.45) is 7.81. The Morgan fingerprint density at radius 3 is 3.12 bits per heavy atom. The number of ether oxygens (including phenoxy) is 1. The van der Waals surface area contributed by atoms with Crippen LogP contribution in [0.5, 0.6) is 5.75 Å². The molecule has 1 aliphatic rings. The lowest BCUT2D eigenvalue weighted by Gasteiger charge is -2.23. The predicted octanol–water partition coefficient (Wildman–Crippen LogP) is 2.81. The Morgan fingerprint density at radius 2 is 2.33 bits per heavy atom. The first-order chi connectivity index (χ1) is 11.8. The maximum absolute atomic E-state index is 12.9. The van der Waals surface area contributed by atoms with Gasteiger partial charge in [0.1, 0.15) is 11.6 Å². The van der Waals surface area contributed by atoms with Crippen LogP contribution in [-0.2, 0) is 11.2 Å². The molecule has 24 heavy (non-hydrogen) atoms. The number of hydrogen-bond donors (Lipinski definition) is 2. The summed E-state index contributed by atoms with van der Waals surface area (Å²) < 4.78 is 5.30. The number of aromatic amines is 2. The van der Waals surface area contributed by atoms with Gasteiger partial charge in [0.2, 0.25) is 5.91 Å². The first-order valence-corrected chi connectivity index (χ1v) is 8.19. The van der Waals surface area contributed by atoms with Gasteiger partial charge in [0.05, 0.1) is 19.6 Å². The number of likely N-dealkylation sites (tertiary alicyclic amines) is 1. The van der Waals surface area contributed by atoms with Crippen molar-refractivity contribution in [2.75, 3.05) is 13.7 Å². The number of methoxy groups -OCH3 is 1. The molecule has 2 aromatic heterocycles. The van der Waals surface area contributed by atoms with Crippen LogP contribution in [0.1, 0.15) is 30.3 Å². The third-order valence-electron chi connectivity index (χ3n) is 4.72. The highest BCUT2D eigenvalue weighted by atomic mass is 16.5. The van der Waals surface area contributed by atoms with E-state index in [1.54, 1.807) is 13.3 Å². The molecule has 124 valence electrons. The molecule has 6 heteroatoms. The molecule has 0 saturated carbocycles. The van der Waals surface area contributed by atoms with Gasteiger partial charge in [-0.05, 0) is 36.6 Å². The second-order valence-corrected chi connectivity index (χ2v) is 6.12. The standard InChI is InChI=1S/C18H20N4O2/c1-24-13-4-5-15-14(10-13)12(11-21-15)9-17(23)22-8-2-3-16(22)18-19-6-7-20-18/h4-7,10-11,16,21H,2-3,8-9H2,1H3,(H,19,20). The lowest BCUT2D eigenvalue weighted by atomic mass is 10.1. The van der Waals surface area contributed by atoms with Crippen molar-refractivity contribution in [2.45, 2.75) is 25.3 Å². The fraction of sp³-hybridized carbons (Fsp3) is 0.333. The van der Waals surface area contributed by atoms with Crippen molar-refractivity contribution >= 4 is 16.8 Å². The maximum Gasteiger partial charge on any atom is 0.227 e. The van der Waals surface area contributed by atoms with Crippen LogP contribution in [0, 0.1) is 0 Å². The largest absolute Gasteiger partial charge is 0.497 e. The van der Waals surface area contributed by atoms with Gasteiger partial charge in [-0.2, -0.15) is 0 Å². The van der Waals surface area contributed by atoms with Crippen LogP contribution in [-0.4, -0.2) is 39.4 Å². The molecule has 6 nitrogen and oxygen atoms in total. The van der Waals surface area contributed by atoms with E-state index < -0.39 is 0 Å². The molecule has 0 bridgehead atoms. The highest BCUT2D eigenvalue weighted by Crippen LogP contribution is 2.31. The van der Waals surface area contributed by atoms with E-state index >= 15 is 0 Å². The summed E-state index contributed by atoms with van der Waals surface area (Å²) in [4.78, 5) is 25.5. The number of imidazole rings is 1. The van der Waals surface area contributed by atoms with Gasteiger partial charge in [-0.25, -0.2) is 4.98 Å². The van der Waals surface area contributed by atoms with Crippen LogP contribution >= 0.6 is 0 Å². The molecule has 3 heterocycles. The number of fused-ring (bicyclic) bond motifs is 1. The summed E-state index contributed by atoms with van der Waals surface area (Å²) in [7, 11) is 1.65. The third-order valence-corrected chi connectivity index (χ3v) is 4.72. The van der Waals surface area contributed by atoms with E-state index in [0.29, 0.717) is 6.42 Å². The minimum atomic E-state index is 0.0623. The van der Waals surface area contributed by atoms with Crippen molar-refractivity contribution in [3.8, 4) is 5.75 Å². The molecule has 0 aliphatic carbocycles. The second-order valence-electron chi connectivity index (χ2n) is 6.12. The molecule has 2 N–H and O–H groups in total. The zero-order valence-electron chi connectivity index (χ0n) is 13.6. The summed E-state index contributed by atoms with van der Waals surface area (Å²) >= 11 is 0. The molecule has 0 spiro atoms. The van der Waals surface area contributed by atoms with Crippen LogP contribution in [0.2, 0.25) is 0 Å². The Labute approximate surface area is 139 Å². The minimum Gasteiger partial charge on any atom is -0.497 e. The molecule has 1 fully saturated rings.